The molecule has 0 radical (unpaired) electrons. The Labute approximate surface area is 205 Å². The molecule has 3 N–H and O–H groups in total. The van der Waals surface area contributed by atoms with Crippen LogP contribution in [0.4, 0.5) is 11.6 Å². The van der Waals surface area contributed by atoms with Gasteiger partial charge in [-0.25, -0.2) is 9.97 Å². The van der Waals surface area contributed by atoms with E-state index in [0.717, 1.165) is 66.0 Å². The minimum atomic E-state index is -0.130. The van der Waals surface area contributed by atoms with Crippen LogP contribution in [0.15, 0.2) is 66.9 Å². The number of nitrogen functional groups attached to an aromatic ring is 1. The zero-order valence-corrected chi connectivity index (χ0v) is 20.2. The largest absolute Gasteiger partial charge is 0.368 e. The fourth-order valence-corrected chi connectivity index (χ4v) is 4.45. The first-order valence-corrected chi connectivity index (χ1v) is 11.9. The molecular weight excluding hydrogens is 436 g/mol. The molecule has 7 nitrogen and oxygen atoms in total. The summed E-state index contributed by atoms with van der Waals surface area (Å²) in [6.45, 7) is 7.36. The molecule has 0 unspecified atom stereocenters. The van der Waals surface area contributed by atoms with E-state index in [0.29, 0.717) is 5.56 Å². The summed E-state index contributed by atoms with van der Waals surface area (Å²) >= 11 is 0. The van der Waals surface area contributed by atoms with Crippen molar-refractivity contribution >= 4 is 28.4 Å². The molecule has 0 saturated carbocycles. The van der Waals surface area contributed by atoms with Gasteiger partial charge in [-0.2, -0.15) is 0 Å². The number of nitrogens with two attached hydrogens (primary N) is 1. The number of amides is 1. The Balaban J connectivity index is 1.29. The Kier molecular flexibility index (Phi) is 6.44. The molecule has 7 heteroatoms. The third-order valence-corrected chi connectivity index (χ3v) is 6.62. The molecule has 1 amide bonds. The second-order valence-corrected chi connectivity index (χ2v) is 9.26. The highest BCUT2D eigenvalue weighted by Crippen LogP contribution is 2.28. The minimum Gasteiger partial charge on any atom is -0.368 e. The fraction of sp³-hybridized carbons (Fsp3) is 0.250. The molecule has 4 aromatic rings. The van der Waals surface area contributed by atoms with Gasteiger partial charge in [0.2, 0.25) is 5.95 Å². The number of carbonyl (C=O) groups is 1. The van der Waals surface area contributed by atoms with Gasteiger partial charge in [-0.05, 0) is 72.6 Å². The van der Waals surface area contributed by atoms with Crippen LogP contribution in [0.5, 0.6) is 0 Å². The van der Waals surface area contributed by atoms with Crippen molar-refractivity contribution in [2.24, 2.45) is 0 Å². The summed E-state index contributed by atoms with van der Waals surface area (Å²) in [5.74, 6) is 0.127. The second kappa shape index (κ2) is 9.82. The Morgan fingerprint density at radius 1 is 1.00 bits per heavy atom. The second-order valence-electron chi connectivity index (χ2n) is 9.26. The summed E-state index contributed by atoms with van der Waals surface area (Å²) < 4.78 is 0. The van der Waals surface area contributed by atoms with Crippen LogP contribution in [-0.2, 0) is 6.54 Å². The molecule has 5 rings (SSSR count). The van der Waals surface area contributed by atoms with Crippen molar-refractivity contribution in [3.63, 3.8) is 0 Å². The number of carbonyl (C=O) groups excluding carboxylic acids is 1. The molecular formula is C28H30N6O. The summed E-state index contributed by atoms with van der Waals surface area (Å²) in [6, 6.07) is 19.9. The zero-order valence-electron chi connectivity index (χ0n) is 20.2. The Morgan fingerprint density at radius 3 is 2.54 bits per heavy atom. The standard InChI is InChI=1S/C28H30N6O/c1-19-3-6-22(16-25(19)21-7-10-26-23(15-21)17-30-28(29)32-26)27(35)31-24-8-4-20(5-9-24)18-34-13-11-33(2)12-14-34/h3-10,15-17H,11-14,18H2,1-2H3,(H,31,35)(H2,29,30,32). The van der Waals surface area contributed by atoms with E-state index in [1.54, 1.807) is 6.20 Å². The third-order valence-electron chi connectivity index (χ3n) is 6.62. The lowest BCUT2D eigenvalue weighted by Gasteiger charge is -2.32. The molecule has 0 spiro atoms. The van der Waals surface area contributed by atoms with Crippen molar-refractivity contribution in [3.05, 3.63) is 83.6 Å². The number of benzene rings is 3. The summed E-state index contributed by atoms with van der Waals surface area (Å²) in [5, 5.41) is 3.94. The summed E-state index contributed by atoms with van der Waals surface area (Å²) in [4.78, 5) is 26.2. The number of hydrogen-bond donors (Lipinski definition) is 2. The average Bonchev–Trinajstić information content (AvgIpc) is 2.86. The number of likely N-dealkylation sites (N-methyl/N-ethyl adjacent to an activating group) is 1. The number of fused-ring (bicyclic) bond motifs is 1. The van der Waals surface area contributed by atoms with Gasteiger partial charge in [0.1, 0.15) is 0 Å². The number of hydrogen-bond acceptors (Lipinski definition) is 6. The van der Waals surface area contributed by atoms with Crippen molar-refractivity contribution in [1.29, 1.82) is 0 Å². The number of anilines is 2. The van der Waals surface area contributed by atoms with Gasteiger partial charge in [-0.3, -0.25) is 9.69 Å². The molecule has 0 aliphatic carbocycles. The Bertz CT molecular complexity index is 1360. The number of piperazine rings is 1. The highest BCUT2D eigenvalue weighted by Gasteiger charge is 2.14. The molecule has 0 bridgehead atoms. The number of nitrogens with zero attached hydrogens (tertiary/aromatic N) is 4. The number of aryl methyl sites for hydroxylation is 1. The van der Waals surface area contributed by atoms with Crippen LogP contribution in [0, 0.1) is 6.92 Å². The van der Waals surface area contributed by atoms with Crippen LogP contribution in [0.25, 0.3) is 22.0 Å². The lowest BCUT2D eigenvalue weighted by molar-refractivity contribution is 0.102. The highest BCUT2D eigenvalue weighted by atomic mass is 16.1. The smallest absolute Gasteiger partial charge is 0.255 e. The highest BCUT2D eigenvalue weighted by molar-refractivity contribution is 6.05. The molecule has 1 aromatic heterocycles. The van der Waals surface area contributed by atoms with Gasteiger partial charge in [0.05, 0.1) is 5.52 Å². The van der Waals surface area contributed by atoms with Gasteiger partial charge >= 0.3 is 0 Å². The zero-order chi connectivity index (χ0) is 24.4. The molecule has 0 atom stereocenters. The predicted octanol–water partition coefficient (Wildman–Crippen LogP) is 4.19. The van der Waals surface area contributed by atoms with Gasteiger partial charge in [-0.15, -0.1) is 0 Å². The van der Waals surface area contributed by atoms with Crippen LogP contribution in [-0.4, -0.2) is 58.9 Å². The van der Waals surface area contributed by atoms with Crippen molar-refractivity contribution < 1.29 is 4.79 Å². The van der Waals surface area contributed by atoms with Crippen molar-refractivity contribution in [2.75, 3.05) is 44.3 Å². The first kappa shape index (κ1) is 23.0. The maximum absolute atomic E-state index is 13.0. The maximum atomic E-state index is 13.0. The van der Waals surface area contributed by atoms with Crippen molar-refractivity contribution in [3.8, 4) is 11.1 Å². The first-order chi connectivity index (χ1) is 16.9. The van der Waals surface area contributed by atoms with E-state index in [1.807, 2.05) is 55.5 Å². The van der Waals surface area contributed by atoms with Gasteiger partial charge in [-0.1, -0.05) is 24.3 Å². The maximum Gasteiger partial charge on any atom is 0.255 e. The van der Waals surface area contributed by atoms with Crippen LogP contribution < -0.4 is 11.1 Å². The predicted molar refractivity (Wildman–Crippen MR) is 141 cm³/mol. The first-order valence-electron chi connectivity index (χ1n) is 11.9. The fourth-order valence-electron chi connectivity index (χ4n) is 4.45. The van der Waals surface area contributed by atoms with Gasteiger partial charge in [0.25, 0.3) is 5.91 Å². The molecule has 1 saturated heterocycles. The third kappa shape index (κ3) is 5.31. The van der Waals surface area contributed by atoms with E-state index < -0.39 is 0 Å². The van der Waals surface area contributed by atoms with E-state index >= 15 is 0 Å². The topological polar surface area (TPSA) is 87.4 Å². The minimum absolute atomic E-state index is 0.130. The van der Waals surface area contributed by atoms with Crippen LogP contribution in [0.3, 0.4) is 0 Å². The van der Waals surface area contributed by atoms with Gasteiger partial charge in [0.15, 0.2) is 0 Å². The molecule has 178 valence electrons. The van der Waals surface area contributed by atoms with Crippen LogP contribution in [0.2, 0.25) is 0 Å². The molecule has 1 aliphatic rings. The Hall–Kier alpha value is -3.81. The molecule has 2 heterocycles. The quantitative estimate of drug-likeness (QED) is 0.459. The number of rotatable bonds is 5. The molecule has 35 heavy (non-hydrogen) atoms. The summed E-state index contributed by atoms with van der Waals surface area (Å²) in [7, 11) is 2.17. The summed E-state index contributed by atoms with van der Waals surface area (Å²) in [5.41, 5.74) is 12.2. The monoisotopic (exact) mass is 466 g/mol. The van der Waals surface area contributed by atoms with Gasteiger partial charge in [0, 0.05) is 55.6 Å². The number of aromatic nitrogens is 2. The lowest BCUT2D eigenvalue weighted by Crippen LogP contribution is -2.43. The van der Waals surface area contributed by atoms with E-state index in [2.05, 4.69) is 44.3 Å². The van der Waals surface area contributed by atoms with Crippen LogP contribution >= 0.6 is 0 Å². The average molecular weight is 467 g/mol. The summed E-state index contributed by atoms with van der Waals surface area (Å²) in [6.07, 6.45) is 1.72. The van der Waals surface area contributed by atoms with Crippen LogP contribution in [0.1, 0.15) is 21.5 Å². The van der Waals surface area contributed by atoms with Crippen molar-refractivity contribution in [2.45, 2.75) is 13.5 Å². The molecule has 1 fully saturated rings. The van der Waals surface area contributed by atoms with Crippen molar-refractivity contribution in [1.82, 2.24) is 19.8 Å². The number of nitrogens with one attached hydrogen (secondary N) is 1. The van der Waals surface area contributed by atoms with Gasteiger partial charge < -0.3 is 16.0 Å². The van der Waals surface area contributed by atoms with E-state index in [-0.39, 0.29) is 11.9 Å². The SMILES string of the molecule is Cc1ccc(C(=O)Nc2ccc(CN3CCN(C)CC3)cc2)cc1-c1ccc2nc(N)ncc2c1. The van der Waals surface area contributed by atoms with E-state index in [1.165, 1.54) is 5.56 Å². The van der Waals surface area contributed by atoms with E-state index in [4.69, 9.17) is 5.73 Å². The molecule has 1 aliphatic heterocycles. The normalized spacial score (nSPS) is 14.8. The van der Waals surface area contributed by atoms with E-state index in [9.17, 15) is 4.79 Å². The lowest BCUT2D eigenvalue weighted by atomic mass is 9.97. The Morgan fingerprint density at radius 2 is 1.77 bits per heavy atom. The molecule has 3 aromatic carbocycles.